The van der Waals surface area contributed by atoms with Crippen molar-refractivity contribution in [2.45, 2.75) is 52.5 Å². The Morgan fingerprint density at radius 3 is 2.42 bits per heavy atom. The first-order valence-electron chi connectivity index (χ1n) is 9.76. The van der Waals surface area contributed by atoms with Crippen molar-refractivity contribution in [1.82, 2.24) is 4.90 Å². The van der Waals surface area contributed by atoms with Gasteiger partial charge in [0.05, 0.1) is 0 Å². The number of aryl methyl sites for hydroxylation is 2. The number of rotatable bonds is 3. The molecule has 3 aliphatic heterocycles. The van der Waals surface area contributed by atoms with Gasteiger partial charge in [0, 0.05) is 31.4 Å². The van der Waals surface area contributed by atoms with Crippen molar-refractivity contribution in [3.63, 3.8) is 0 Å². The standard InChI is InChI=1S/C21H27N3O2/c1-4-24-20(25)18(26-21(24)22-14(2)3)13-15-11-16-7-5-9-23-10-6-8-17(12-15)19(16)23/h11-14H,4-10H2,1-3H3. The van der Waals surface area contributed by atoms with Gasteiger partial charge in [-0.25, -0.2) is 4.99 Å². The summed E-state index contributed by atoms with van der Waals surface area (Å²) in [7, 11) is 0. The van der Waals surface area contributed by atoms with Crippen molar-refractivity contribution in [1.29, 1.82) is 0 Å². The van der Waals surface area contributed by atoms with Crippen molar-refractivity contribution in [3.05, 3.63) is 34.6 Å². The van der Waals surface area contributed by atoms with Crippen LogP contribution in [0.2, 0.25) is 0 Å². The van der Waals surface area contributed by atoms with E-state index in [-0.39, 0.29) is 11.9 Å². The highest BCUT2D eigenvalue weighted by molar-refractivity contribution is 6.11. The number of hydrogen-bond donors (Lipinski definition) is 0. The molecule has 4 rings (SSSR count). The lowest BCUT2D eigenvalue weighted by molar-refractivity contribution is -0.122. The lowest BCUT2D eigenvalue weighted by Crippen LogP contribution is -2.34. The summed E-state index contributed by atoms with van der Waals surface area (Å²) in [4.78, 5) is 21.3. The Morgan fingerprint density at radius 1 is 1.19 bits per heavy atom. The number of benzene rings is 1. The van der Waals surface area contributed by atoms with Gasteiger partial charge in [0.1, 0.15) is 0 Å². The maximum atomic E-state index is 12.7. The van der Waals surface area contributed by atoms with Crippen LogP contribution in [0.4, 0.5) is 5.69 Å². The largest absolute Gasteiger partial charge is 0.420 e. The smallest absolute Gasteiger partial charge is 0.300 e. The van der Waals surface area contributed by atoms with Crippen LogP contribution in [0.1, 0.15) is 50.3 Å². The van der Waals surface area contributed by atoms with Crippen LogP contribution in [-0.4, -0.2) is 42.5 Å². The van der Waals surface area contributed by atoms with Gasteiger partial charge >= 0.3 is 6.02 Å². The van der Waals surface area contributed by atoms with E-state index in [2.05, 4.69) is 22.0 Å². The summed E-state index contributed by atoms with van der Waals surface area (Å²) in [5.41, 5.74) is 5.33. The van der Waals surface area contributed by atoms with E-state index in [0.717, 1.165) is 18.4 Å². The van der Waals surface area contributed by atoms with Crippen LogP contribution < -0.4 is 4.90 Å². The summed E-state index contributed by atoms with van der Waals surface area (Å²) in [6, 6.07) is 4.97. The third kappa shape index (κ3) is 3.00. The molecule has 0 unspecified atom stereocenters. The average molecular weight is 353 g/mol. The Kier molecular flexibility index (Phi) is 4.47. The molecule has 5 heteroatoms. The highest BCUT2D eigenvalue weighted by Gasteiger charge is 2.34. The number of carbonyl (C=O) groups excluding carboxylic acids is 1. The second-order valence-corrected chi connectivity index (χ2v) is 7.55. The second kappa shape index (κ2) is 6.78. The van der Waals surface area contributed by atoms with Gasteiger partial charge in [-0.05, 0) is 81.4 Å². The van der Waals surface area contributed by atoms with Gasteiger partial charge in [0.15, 0.2) is 5.76 Å². The average Bonchev–Trinajstić information content (AvgIpc) is 2.89. The molecule has 5 nitrogen and oxygen atoms in total. The highest BCUT2D eigenvalue weighted by Crippen LogP contribution is 2.36. The zero-order chi connectivity index (χ0) is 18.3. The van der Waals surface area contributed by atoms with Gasteiger partial charge in [-0.1, -0.05) is 0 Å². The van der Waals surface area contributed by atoms with E-state index in [4.69, 9.17) is 4.74 Å². The number of amidine groups is 1. The van der Waals surface area contributed by atoms with Crippen molar-refractivity contribution in [2.24, 2.45) is 4.99 Å². The van der Waals surface area contributed by atoms with Crippen LogP contribution in [0.25, 0.3) is 6.08 Å². The minimum atomic E-state index is -0.0973. The van der Waals surface area contributed by atoms with Crippen molar-refractivity contribution < 1.29 is 9.53 Å². The van der Waals surface area contributed by atoms with Gasteiger partial charge in [0.25, 0.3) is 5.91 Å². The SMILES string of the molecule is CCN1C(=O)C(=Cc2cc3c4c(c2)CCCN4CCC3)OC1=NC(C)C. The monoisotopic (exact) mass is 353 g/mol. The lowest BCUT2D eigenvalue weighted by atomic mass is 9.90. The minimum absolute atomic E-state index is 0.0883. The van der Waals surface area contributed by atoms with E-state index >= 15 is 0 Å². The molecule has 1 amide bonds. The molecule has 0 spiro atoms. The summed E-state index contributed by atoms with van der Waals surface area (Å²) < 4.78 is 5.82. The normalized spacial score (nSPS) is 22.4. The molecule has 1 fully saturated rings. The van der Waals surface area contributed by atoms with Crippen LogP contribution in [0, 0.1) is 0 Å². The zero-order valence-corrected chi connectivity index (χ0v) is 15.9. The molecule has 1 saturated heterocycles. The van der Waals surface area contributed by atoms with E-state index in [1.54, 1.807) is 4.90 Å². The number of aliphatic imine (C=N–C) groups is 1. The van der Waals surface area contributed by atoms with E-state index in [1.807, 2.05) is 26.8 Å². The Balaban J connectivity index is 1.70. The number of hydrogen-bond acceptors (Lipinski definition) is 4. The first-order valence-corrected chi connectivity index (χ1v) is 9.76. The fourth-order valence-corrected chi connectivity index (χ4v) is 4.17. The second-order valence-electron chi connectivity index (χ2n) is 7.55. The van der Waals surface area contributed by atoms with E-state index in [1.165, 1.54) is 42.7 Å². The molecule has 3 heterocycles. The molecular weight excluding hydrogens is 326 g/mol. The number of likely N-dealkylation sites (N-methyl/N-ethyl adjacent to an activating group) is 1. The predicted molar refractivity (Wildman–Crippen MR) is 104 cm³/mol. The van der Waals surface area contributed by atoms with E-state index in [0.29, 0.717) is 18.3 Å². The Hall–Kier alpha value is -2.30. The van der Waals surface area contributed by atoms with Crippen LogP contribution in [0.3, 0.4) is 0 Å². The van der Waals surface area contributed by atoms with E-state index in [9.17, 15) is 4.79 Å². The summed E-state index contributed by atoms with van der Waals surface area (Å²) in [5, 5.41) is 0. The number of carbonyl (C=O) groups is 1. The maximum Gasteiger partial charge on any atom is 0.300 e. The number of amides is 1. The topological polar surface area (TPSA) is 45.1 Å². The third-order valence-corrected chi connectivity index (χ3v) is 5.23. The molecule has 0 saturated carbocycles. The molecule has 138 valence electrons. The molecular formula is C21H27N3O2. The fourth-order valence-electron chi connectivity index (χ4n) is 4.17. The molecule has 0 atom stereocenters. The van der Waals surface area contributed by atoms with Crippen molar-refractivity contribution in [2.75, 3.05) is 24.5 Å². The van der Waals surface area contributed by atoms with Crippen molar-refractivity contribution in [3.8, 4) is 0 Å². The number of anilines is 1. The summed E-state index contributed by atoms with van der Waals surface area (Å²) in [6.45, 7) is 8.81. The van der Waals surface area contributed by atoms with Gasteiger partial charge in [-0.15, -0.1) is 0 Å². The highest BCUT2D eigenvalue weighted by atomic mass is 16.5. The van der Waals surface area contributed by atoms with Crippen LogP contribution in [0.5, 0.6) is 0 Å². The molecule has 0 aliphatic carbocycles. The first-order chi connectivity index (χ1) is 12.6. The molecule has 0 N–H and O–H groups in total. The van der Waals surface area contributed by atoms with Gasteiger partial charge in [0.2, 0.25) is 0 Å². The minimum Gasteiger partial charge on any atom is -0.420 e. The molecule has 26 heavy (non-hydrogen) atoms. The number of nitrogens with zero attached hydrogens (tertiary/aromatic N) is 3. The number of ether oxygens (including phenoxy) is 1. The summed E-state index contributed by atoms with van der Waals surface area (Å²) in [5.74, 6) is 0.279. The Morgan fingerprint density at radius 2 is 1.85 bits per heavy atom. The van der Waals surface area contributed by atoms with Gasteiger partial charge < -0.3 is 9.64 Å². The van der Waals surface area contributed by atoms with Gasteiger partial charge in [-0.2, -0.15) is 0 Å². The van der Waals surface area contributed by atoms with Gasteiger partial charge in [-0.3, -0.25) is 9.69 Å². The molecule has 1 aromatic rings. The predicted octanol–water partition coefficient (Wildman–Crippen LogP) is 3.37. The van der Waals surface area contributed by atoms with Crippen LogP contribution in [-0.2, 0) is 22.4 Å². The zero-order valence-electron chi connectivity index (χ0n) is 15.9. The molecule has 0 radical (unpaired) electrons. The molecule has 0 aromatic heterocycles. The molecule has 3 aliphatic rings. The Bertz CT molecular complexity index is 763. The molecule has 0 bridgehead atoms. The quantitative estimate of drug-likeness (QED) is 0.783. The van der Waals surface area contributed by atoms with Crippen LogP contribution in [0.15, 0.2) is 22.9 Å². The van der Waals surface area contributed by atoms with E-state index < -0.39 is 0 Å². The maximum absolute atomic E-state index is 12.7. The summed E-state index contributed by atoms with van der Waals surface area (Å²) >= 11 is 0. The van der Waals surface area contributed by atoms with Crippen molar-refractivity contribution >= 4 is 23.7 Å². The Labute approximate surface area is 155 Å². The fraction of sp³-hybridized carbons (Fsp3) is 0.524. The lowest BCUT2D eigenvalue weighted by Gasteiger charge is -2.37. The van der Waals surface area contributed by atoms with Crippen LogP contribution >= 0.6 is 0 Å². The first kappa shape index (κ1) is 17.1. The third-order valence-electron chi connectivity index (χ3n) is 5.23. The summed E-state index contributed by atoms with van der Waals surface area (Å²) in [6.07, 6.45) is 6.53. The molecule has 1 aromatic carbocycles.